The first-order valence-corrected chi connectivity index (χ1v) is 8.23. The van der Waals surface area contributed by atoms with Gasteiger partial charge in [0.1, 0.15) is 0 Å². The zero-order valence-corrected chi connectivity index (χ0v) is 13.6. The third-order valence-corrected chi connectivity index (χ3v) is 3.85. The van der Waals surface area contributed by atoms with Crippen LogP contribution in [0.4, 0.5) is 0 Å². The molecule has 0 bridgehead atoms. The molecule has 0 aromatic rings. The lowest BCUT2D eigenvalue weighted by molar-refractivity contribution is -0.203. The summed E-state index contributed by atoms with van der Waals surface area (Å²) in [5.74, 6) is 0.911. The molecule has 0 saturated heterocycles. The molecule has 1 rings (SSSR count). The second kappa shape index (κ2) is 10.6. The molecule has 2 unspecified atom stereocenters. The molecular weight excluding hydrogens is 256 g/mol. The van der Waals surface area contributed by atoms with Crippen molar-refractivity contribution in [2.75, 3.05) is 26.4 Å². The Labute approximate surface area is 124 Å². The molecule has 0 spiro atoms. The van der Waals surface area contributed by atoms with Crippen molar-refractivity contribution in [1.29, 1.82) is 0 Å². The van der Waals surface area contributed by atoms with Gasteiger partial charge < -0.3 is 18.9 Å². The Bertz CT molecular complexity index is 201. The average Bonchev–Trinajstić information content (AvgIpc) is 2.47. The molecule has 20 heavy (non-hydrogen) atoms. The molecule has 0 aliphatic heterocycles. The van der Waals surface area contributed by atoms with E-state index in [1.54, 1.807) is 0 Å². The molecule has 0 radical (unpaired) electrons. The van der Waals surface area contributed by atoms with Crippen LogP contribution in [0.15, 0.2) is 0 Å². The molecule has 4 nitrogen and oxygen atoms in total. The van der Waals surface area contributed by atoms with E-state index in [4.69, 9.17) is 18.9 Å². The lowest BCUT2D eigenvalue weighted by Crippen LogP contribution is -2.37. The topological polar surface area (TPSA) is 36.9 Å². The Morgan fingerprint density at radius 1 is 0.700 bits per heavy atom. The summed E-state index contributed by atoms with van der Waals surface area (Å²) in [6, 6.07) is 0. The van der Waals surface area contributed by atoms with Crippen molar-refractivity contribution >= 4 is 0 Å². The lowest BCUT2D eigenvalue weighted by atomic mass is 9.80. The molecule has 0 aromatic heterocycles. The van der Waals surface area contributed by atoms with Crippen LogP contribution in [0.25, 0.3) is 0 Å². The van der Waals surface area contributed by atoms with Crippen LogP contribution in [0.3, 0.4) is 0 Å². The van der Waals surface area contributed by atoms with Crippen molar-refractivity contribution < 1.29 is 18.9 Å². The van der Waals surface area contributed by atoms with Crippen LogP contribution in [0.2, 0.25) is 0 Å². The van der Waals surface area contributed by atoms with E-state index in [2.05, 4.69) is 0 Å². The second-order valence-electron chi connectivity index (χ2n) is 5.24. The lowest BCUT2D eigenvalue weighted by Gasteiger charge is -2.37. The number of rotatable bonds is 10. The summed E-state index contributed by atoms with van der Waals surface area (Å²) in [5.41, 5.74) is 0. The smallest absolute Gasteiger partial charge is 0.160 e. The van der Waals surface area contributed by atoms with E-state index in [9.17, 15) is 0 Å². The fraction of sp³-hybridized carbons (Fsp3) is 1.00. The number of hydrogen-bond donors (Lipinski definition) is 0. The van der Waals surface area contributed by atoms with Crippen LogP contribution in [0.5, 0.6) is 0 Å². The van der Waals surface area contributed by atoms with Crippen LogP contribution in [0, 0.1) is 11.8 Å². The van der Waals surface area contributed by atoms with Gasteiger partial charge in [0.25, 0.3) is 0 Å². The predicted octanol–water partition coefficient (Wildman–Crippen LogP) is 3.59. The van der Waals surface area contributed by atoms with Crippen molar-refractivity contribution in [3.63, 3.8) is 0 Å². The van der Waals surface area contributed by atoms with E-state index in [1.165, 1.54) is 19.3 Å². The summed E-state index contributed by atoms with van der Waals surface area (Å²) in [6.45, 7) is 10.9. The second-order valence-corrected chi connectivity index (χ2v) is 5.24. The summed E-state index contributed by atoms with van der Waals surface area (Å²) in [7, 11) is 0. The van der Waals surface area contributed by atoms with Crippen LogP contribution in [0.1, 0.15) is 53.4 Å². The monoisotopic (exact) mass is 288 g/mol. The first kappa shape index (κ1) is 17.9. The van der Waals surface area contributed by atoms with Gasteiger partial charge in [-0.2, -0.15) is 0 Å². The molecule has 0 amide bonds. The van der Waals surface area contributed by atoms with Gasteiger partial charge in [-0.3, -0.25) is 0 Å². The molecule has 4 heteroatoms. The maximum atomic E-state index is 5.77. The first-order valence-electron chi connectivity index (χ1n) is 8.23. The van der Waals surface area contributed by atoms with Gasteiger partial charge in [-0.05, 0) is 47.0 Å². The highest BCUT2D eigenvalue weighted by molar-refractivity contribution is 4.78. The highest BCUT2D eigenvalue weighted by atomic mass is 16.7. The molecule has 120 valence electrons. The van der Waals surface area contributed by atoms with Crippen LogP contribution in [-0.4, -0.2) is 39.0 Å². The van der Waals surface area contributed by atoms with Gasteiger partial charge in [-0.15, -0.1) is 0 Å². The zero-order valence-electron chi connectivity index (χ0n) is 13.6. The Hall–Kier alpha value is -0.160. The molecule has 0 N–H and O–H groups in total. The van der Waals surface area contributed by atoms with Crippen molar-refractivity contribution in [1.82, 2.24) is 0 Å². The van der Waals surface area contributed by atoms with Gasteiger partial charge in [0.15, 0.2) is 12.6 Å². The summed E-state index contributed by atoms with van der Waals surface area (Å²) in [6.07, 6.45) is 4.46. The summed E-state index contributed by atoms with van der Waals surface area (Å²) in [5, 5.41) is 0. The fourth-order valence-corrected chi connectivity index (χ4v) is 3.06. The van der Waals surface area contributed by atoms with Gasteiger partial charge in [0, 0.05) is 38.3 Å². The van der Waals surface area contributed by atoms with Gasteiger partial charge in [0.05, 0.1) is 0 Å². The molecule has 0 aromatic carbocycles. The summed E-state index contributed by atoms with van der Waals surface area (Å²) >= 11 is 0. The van der Waals surface area contributed by atoms with Crippen molar-refractivity contribution in [3.8, 4) is 0 Å². The Kier molecular flexibility index (Phi) is 9.44. The first-order chi connectivity index (χ1) is 9.76. The molecule has 1 aliphatic carbocycles. The van der Waals surface area contributed by atoms with Crippen LogP contribution >= 0.6 is 0 Å². The van der Waals surface area contributed by atoms with E-state index < -0.39 is 0 Å². The zero-order chi connectivity index (χ0) is 14.8. The van der Waals surface area contributed by atoms with E-state index >= 15 is 0 Å². The fourth-order valence-electron chi connectivity index (χ4n) is 3.06. The third-order valence-electron chi connectivity index (χ3n) is 3.85. The standard InChI is InChI=1S/C16H32O4/c1-5-17-15(18-6-2)13-10-9-11-14(12-13)16(19-7-3)20-8-4/h13-16H,5-12H2,1-4H3. The predicted molar refractivity (Wildman–Crippen MR) is 79.5 cm³/mol. The Morgan fingerprint density at radius 3 is 1.35 bits per heavy atom. The number of ether oxygens (including phenoxy) is 4. The molecule has 1 saturated carbocycles. The third kappa shape index (κ3) is 5.68. The molecular formula is C16H32O4. The van der Waals surface area contributed by atoms with Crippen molar-refractivity contribution in [3.05, 3.63) is 0 Å². The van der Waals surface area contributed by atoms with E-state index in [0.29, 0.717) is 38.3 Å². The van der Waals surface area contributed by atoms with Gasteiger partial charge in [0.2, 0.25) is 0 Å². The quantitative estimate of drug-likeness (QED) is 0.576. The van der Waals surface area contributed by atoms with Crippen LogP contribution < -0.4 is 0 Å². The highest BCUT2D eigenvalue weighted by Crippen LogP contribution is 2.35. The molecule has 0 heterocycles. The van der Waals surface area contributed by atoms with Crippen LogP contribution in [-0.2, 0) is 18.9 Å². The average molecular weight is 288 g/mol. The largest absolute Gasteiger partial charge is 0.353 e. The molecule has 1 fully saturated rings. The van der Waals surface area contributed by atoms with E-state index in [1.807, 2.05) is 27.7 Å². The summed E-state index contributed by atoms with van der Waals surface area (Å²) in [4.78, 5) is 0. The minimum absolute atomic E-state index is 0.0725. The van der Waals surface area contributed by atoms with Crippen molar-refractivity contribution in [2.45, 2.75) is 66.0 Å². The van der Waals surface area contributed by atoms with Crippen molar-refractivity contribution in [2.24, 2.45) is 11.8 Å². The Morgan fingerprint density at radius 2 is 1.05 bits per heavy atom. The number of hydrogen-bond acceptors (Lipinski definition) is 4. The maximum absolute atomic E-state index is 5.77. The molecule has 2 atom stereocenters. The highest BCUT2D eigenvalue weighted by Gasteiger charge is 2.33. The van der Waals surface area contributed by atoms with Gasteiger partial charge >= 0.3 is 0 Å². The van der Waals surface area contributed by atoms with E-state index in [-0.39, 0.29) is 12.6 Å². The Balaban J connectivity index is 2.58. The SMILES string of the molecule is CCOC(OCC)C1CCCC(C(OCC)OCC)C1. The minimum Gasteiger partial charge on any atom is -0.353 e. The molecule has 1 aliphatic rings. The normalized spacial score (nSPS) is 23.7. The minimum atomic E-state index is -0.0725. The maximum Gasteiger partial charge on any atom is 0.160 e. The summed E-state index contributed by atoms with van der Waals surface area (Å²) < 4.78 is 23.1. The van der Waals surface area contributed by atoms with E-state index in [0.717, 1.165) is 6.42 Å². The van der Waals surface area contributed by atoms with Gasteiger partial charge in [-0.25, -0.2) is 0 Å². The van der Waals surface area contributed by atoms with Gasteiger partial charge in [-0.1, -0.05) is 6.42 Å².